The van der Waals surface area contributed by atoms with Crippen molar-refractivity contribution in [2.45, 2.75) is 11.3 Å². The van der Waals surface area contributed by atoms with Gasteiger partial charge < -0.3 is 5.73 Å². The number of benzene rings is 1. The number of hydrogen-bond donors (Lipinski definition) is 2. The van der Waals surface area contributed by atoms with Gasteiger partial charge in [0, 0.05) is 23.1 Å². The molecular weight excluding hydrogens is 292 g/mol. The van der Waals surface area contributed by atoms with E-state index in [4.69, 9.17) is 12.2 Å². The number of terminal acetylenes is 1. The van der Waals surface area contributed by atoms with Crippen molar-refractivity contribution in [2.24, 2.45) is 0 Å². The van der Waals surface area contributed by atoms with Crippen molar-refractivity contribution in [2.75, 3.05) is 12.3 Å². The number of halogens is 1. The average molecular weight is 303 g/mol. The van der Waals surface area contributed by atoms with Crippen LogP contribution in [-0.4, -0.2) is 15.0 Å². The molecule has 4 nitrogen and oxygen atoms in total. The normalized spacial score (nSPS) is 11.0. The second-order valence-corrected chi connectivity index (χ2v) is 5.63. The Balaban J connectivity index is 2.95. The highest BCUT2D eigenvalue weighted by atomic mass is 79.9. The molecule has 16 heavy (non-hydrogen) atoms. The van der Waals surface area contributed by atoms with Gasteiger partial charge in [-0.25, -0.2) is 13.1 Å². The van der Waals surface area contributed by atoms with Crippen LogP contribution >= 0.6 is 15.9 Å². The first-order valence-corrected chi connectivity index (χ1v) is 6.73. The van der Waals surface area contributed by atoms with Crippen molar-refractivity contribution in [3.05, 3.63) is 22.7 Å². The molecule has 1 rings (SSSR count). The average Bonchev–Trinajstić information content (AvgIpc) is 2.17. The summed E-state index contributed by atoms with van der Waals surface area (Å²) in [5.41, 5.74) is 6.02. The van der Waals surface area contributed by atoms with Crippen molar-refractivity contribution in [3.63, 3.8) is 0 Å². The number of sulfonamides is 1. The standard InChI is InChI=1S/C10H11BrN2O2S/c1-2-3-6-13-16(14,15)10-5-4-8(12)7-9(10)11/h1,4-5,7,13H,3,6,12H2. The molecule has 0 aromatic heterocycles. The first kappa shape index (κ1) is 13.0. The third-order valence-electron chi connectivity index (χ3n) is 1.81. The Morgan fingerprint density at radius 2 is 2.19 bits per heavy atom. The maximum Gasteiger partial charge on any atom is 0.241 e. The molecule has 1 aromatic carbocycles. The second-order valence-electron chi connectivity index (χ2n) is 3.04. The molecule has 1 aromatic rings. The van der Waals surface area contributed by atoms with Gasteiger partial charge in [0.15, 0.2) is 0 Å². The monoisotopic (exact) mass is 302 g/mol. The van der Waals surface area contributed by atoms with Crippen LogP contribution < -0.4 is 10.5 Å². The minimum Gasteiger partial charge on any atom is -0.399 e. The van der Waals surface area contributed by atoms with Crippen LogP contribution in [0.4, 0.5) is 5.69 Å². The minimum absolute atomic E-state index is 0.152. The summed E-state index contributed by atoms with van der Waals surface area (Å²) in [6.07, 6.45) is 5.39. The van der Waals surface area contributed by atoms with E-state index in [9.17, 15) is 8.42 Å². The summed E-state index contributed by atoms with van der Waals surface area (Å²) >= 11 is 3.15. The van der Waals surface area contributed by atoms with Crippen LogP contribution in [-0.2, 0) is 10.0 Å². The van der Waals surface area contributed by atoms with E-state index in [0.717, 1.165) is 0 Å². The van der Waals surface area contributed by atoms with Gasteiger partial charge in [-0.1, -0.05) is 0 Å². The van der Waals surface area contributed by atoms with Crippen LogP contribution in [0, 0.1) is 12.3 Å². The van der Waals surface area contributed by atoms with Gasteiger partial charge >= 0.3 is 0 Å². The lowest BCUT2D eigenvalue weighted by molar-refractivity contribution is 0.582. The lowest BCUT2D eigenvalue weighted by Gasteiger charge is -2.07. The fourth-order valence-corrected chi connectivity index (χ4v) is 3.20. The van der Waals surface area contributed by atoms with E-state index >= 15 is 0 Å². The van der Waals surface area contributed by atoms with Crippen LogP contribution in [0.2, 0.25) is 0 Å². The Hall–Kier alpha value is -1.03. The van der Waals surface area contributed by atoms with E-state index < -0.39 is 10.0 Å². The second kappa shape index (κ2) is 5.34. The van der Waals surface area contributed by atoms with Gasteiger partial charge in [0.1, 0.15) is 0 Å². The molecule has 0 saturated heterocycles. The SMILES string of the molecule is C#CCCNS(=O)(=O)c1ccc(N)cc1Br. The summed E-state index contributed by atoms with van der Waals surface area (Å²) in [6, 6.07) is 4.51. The smallest absolute Gasteiger partial charge is 0.241 e. The van der Waals surface area contributed by atoms with Crippen molar-refractivity contribution in [1.29, 1.82) is 0 Å². The zero-order valence-electron chi connectivity index (χ0n) is 8.40. The molecule has 86 valence electrons. The van der Waals surface area contributed by atoms with Crippen LogP contribution in [0.1, 0.15) is 6.42 Å². The molecule has 0 aliphatic carbocycles. The van der Waals surface area contributed by atoms with E-state index in [1.165, 1.54) is 18.2 Å². The van der Waals surface area contributed by atoms with Crippen molar-refractivity contribution in [3.8, 4) is 12.3 Å². The summed E-state index contributed by atoms with van der Waals surface area (Å²) < 4.78 is 26.4. The fraction of sp³-hybridized carbons (Fsp3) is 0.200. The van der Waals surface area contributed by atoms with Crippen molar-refractivity contribution < 1.29 is 8.42 Å². The summed E-state index contributed by atoms with van der Waals surface area (Å²) in [5, 5.41) is 0. The number of nitrogen functional groups attached to an aromatic ring is 1. The largest absolute Gasteiger partial charge is 0.399 e. The molecule has 0 atom stereocenters. The zero-order valence-corrected chi connectivity index (χ0v) is 10.8. The van der Waals surface area contributed by atoms with Gasteiger partial charge in [-0.2, -0.15) is 0 Å². The predicted molar refractivity (Wildman–Crippen MR) is 67.2 cm³/mol. The number of hydrogen-bond acceptors (Lipinski definition) is 3. The Kier molecular flexibility index (Phi) is 4.35. The highest BCUT2D eigenvalue weighted by Crippen LogP contribution is 2.23. The fourth-order valence-electron chi connectivity index (χ4n) is 1.07. The molecule has 0 unspecified atom stereocenters. The Labute approximate surface area is 103 Å². The van der Waals surface area contributed by atoms with Crippen molar-refractivity contribution in [1.82, 2.24) is 4.72 Å². The zero-order chi connectivity index (χ0) is 12.2. The maximum atomic E-state index is 11.8. The van der Waals surface area contributed by atoms with E-state index in [1.807, 2.05) is 0 Å². The lowest BCUT2D eigenvalue weighted by Crippen LogP contribution is -2.24. The Morgan fingerprint density at radius 3 is 2.75 bits per heavy atom. The molecular formula is C10H11BrN2O2S. The van der Waals surface area contributed by atoms with Gasteiger partial charge in [0.25, 0.3) is 0 Å². The highest BCUT2D eigenvalue weighted by Gasteiger charge is 2.16. The topological polar surface area (TPSA) is 72.2 Å². The maximum absolute atomic E-state index is 11.8. The number of rotatable bonds is 4. The van der Waals surface area contributed by atoms with Crippen LogP contribution in [0.15, 0.2) is 27.6 Å². The molecule has 0 bridgehead atoms. The number of nitrogens with two attached hydrogens (primary N) is 1. The van der Waals surface area contributed by atoms with E-state index in [-0.39, 0.29) is 11.4 Å². The van der Waals surface area contributed by atoms with Crippen LogP contribution in [0.3, 0.4) is 0 Å². The van der Waals surface area contributed by atoms with Crippen LogP contribution in [0.25, 0.3) is 0 Å². The molecule has 0 aliphatic rings. The Morgan fingerprint density at radius 1 is 1.50 bits per heavy atom. The Bertz CT molecular complexity index is 520. The minimum atomic E-state index is -3.53. The highest BCUT2D eigenvalue weighted by molar-refractivity contribution is 9.10. The van der Waals surface area contributed by atoms with E-state index in [1.54, 1.807) is 0 Å². The van der Waals surface area contributed by atoms with Crippen molar-refractivity contribution >= 4 is 31.6 Å². The van der Waals surface area contributed by atoms with Gasteiger partial charge in [0.2, 0.25) is 10.0 Å². The van der Waals surface area contributed by atoms with Gasteiger partial charge in [-0.05, 0) is 34.1 Å². The molecule has 6 heteroatoms. The quantitative estimate of drug-likeness (QED) is 0.501. The molecule has 3 N–H and O–H groups in total. The third kappa shape index (κ3) is 3.23. The summed E-state index contributed by atoms with van der Waals surface area (Å²) in [4.78, 5) is 0.152. The molecule has 0 amide bonds. The molecule has 0 aliphatic heterocycles. The van der Waals surface area contributed by atoms with Gasteiger partial charge in [-0.15, -0.1) is 12.3 Å². The summed E-state index contributed by atoms with van der Waals surface area (Å²) in [6.45, 7) is 0.218. The number of anilines is 1. The summed E-state index contributed by atoms with van der Waals surface area (Å²) in [5.74, 6) is 2.36. The molecule has 0 radical (unpaired) electrons. The van der Waals surface area contributed by atoms with Gasteiger partial charge in [-0.3, -0.25) is 0 Å². The molecule has 0 spiro atoms. The van der Waals surface area contributed by atoms with E-state index in [2.05, 4.69) is 26.6 Å². The molecule has 0 heterocycles. The van der Waals surface area contributed by atoms with E-state index in [0.29, 0.717) is 16.6 Å². The molecule has 0 fully saturated rings. The first-order chi connectivity index (χ1) is 7.47. The lowest BCUT2D eigenvalue weighted by atomic mass is 10.3. The van der Waals surface area contributed by atoms with Gasteiger partial charge in [0.05, 0.1) is 4.90 Å². The number of nitrogens with one attached hydrogen (secondary N) is 1. The van der Waals surface area contributed by atoms with Crippen LogP contribution in [0.5, 0.6) is 0 Å². The summed E-state index contributed by atoms with van der Waals surface area (Å²) in [7, 11) is -3.53. The first-order valence-electron chi connectivity index (χ1n) is 4.45. The predicted octanol–water partition coefficient (Wildman–Crippen LogP) is 1.33. The molecule has 0 saturated carbocycles. The third-order valence-corrected chi connectivity index (χ3v) is 4.24.